The molecule has 0 saturated heterocycles. The number of benzene rings is 1. The molecule has 1 rings (SSSR count). The van der Waals surface area contributed by atoms with E-state index in [9.17, 15) is 4.79 Å². The summed E-state index contributed by atoms with van der Waals surface area (Å²) < 4.78 is 9.98. The lowest BCUT2D eigenvalue weighted by molar-refractivity contribution is -0.112. The molecule has 22 heavy (non-hydrogen) atoms. The van der Waals surface area contributed by atoms with Gasteiger partial charge in [-0.1, -0.05) is 17.7 Å². The van der Waals surface area contributed by atoms with Gasteiger partial charge < -0.3 is 20.1 Å². The number of anilines is 1. The van der Waals surface area contributed by atoms with Crippen LogP contribution in [0, 0.1) is 18.3 Å². The van der Waals surface area contributed by atoms with Gasteiger partial charge in [-0.05, 0) is 24.6 Å². The highest BCUT2D eigenvalue weighted by Gasteiger charge is 2.11. The van der Waals surface area contributed by atoms with Crippen LogP contribution in [-0.2, 0) is 14.3 Å². The Morgan fingerprint density at radius 1 is 1.45 bits per heavy atom. The third kappa shape index (κ3) is 5.37. The van der Waals surface area contributed by atoms with Gasteiger partial charge in [0.25, 0.3) is 5.91 Å². The number of amides is 1. The highest BCUT2D eigenvalue weighted by atomic mass is 35.5. The number of hydrogen-bond donors (Lipinski definition) is 2. The lowest BCUT2D eigenvalue weighted by atomic mass is 10.2. The number of methoxy groups -OCH3 is 2. The van der Waals surface area contributed by atoms with Crippen molar-refractivity contribution in [3.05, 3.63) is 40.6 Å². The van der Waals surface area contributed by atoms with E-state index >= 15 is 0 Å². The van der Waals surface area contributed by atoms with Crippen molar-refractivity contribution in [1.29, 1.82) is 5.26 Å². The first-order valence-electron chi connectivity index (χ1n) is 6.48. The maximum Gasteiger partial charge on any atom is 0.267 e. The van der Waals surface area contributed by atoms with E-state index in [1.807, 2.05) is 13.0 Å². The number of nitriles is 1. The van der Waals surface area contributed by atoms with E-state index in [-0.39, 0.29) is 5.57 Å². The highest BCUT2D eigenvalue weighted by Crippen LogP contribution is 2.20. The maximum absolute atomic E-state index is 12.1. The SMILES string of the molecule is COC(CN/C=C(/C#N)C(=O)Nc1cc(Cl)ccc1C)OC. The predicted molar refractivity (Wildman–Crippen MR) is 84.3 cm³/mol. The molecule has 2 N–H and O–H groups in total. The molecule has 7 heteroatoms. The second kappa shape index (κ2) is 9.05. The highest BCUT2D eigenvalue weighted by molar-refractivity contribution is 6.31. The zero-order valence-electron chi connectivity index (χ0n) is 12.6. The monoisotopic (exact) mass is 323 g/mol. The maximum atomic E-state index is 12.1. The van der Waals surface area contributed by atoms with Crippen molar-refractivity contribution in [2.24, 2.45) is 0 Å². The number of ether oxygens (including phenoxy) is 2. The Hall–Kier alpha value is -2.07. The fraction of sp³-hybridized carbons (Fsp3) is 0.333. The van der Waals surface area contributed by atoms with Crippen LogP contribution in [0.4, 0.5) is 5.69 Å². The van der Waals surface area contributed by atoms with Gasteiger partial charge >= 0.3 is 0 Å². The lowest BCUT2D eigenvalue weighted by Gasteiger charge is -2.13. The van der Waals surface area contributed by atoms with Gasteiger partial charge in [0, 0.05) is 31.1 Å². The minimum atomic E-state index is -0.522. The zero-order chi connectivity index (χ0) is 16.5. The molecule has 1 amide bonds. The normalized spacial score (nSPS) is 11.2. The van der Waals surface area contributed by atoms with E-state index in [1.54, 1.807) is 18.2 Å². The molecule has 0 aliphatic rings. The predicted octanol–water partition coefficient (Wildman–Crippen LogP) is 2.20. The van der Waals surface area contributed by atoms with E-state index in [1.165, 1.54) is 20.4 Å². The topological polar surface area (TPSA) is 83.4 Å². The molecule has 6 nitrogen and oxygen atoms in total. The summed E-state index contributed by atoms with van der Waals surface area (Å²) in [6.07, 6.45) is 0.856. The molecular formula is C15H18ClN3O3. The summed E-state index contributed by atoms with van der Waals surface area (Å²) in [5, 5.41) is 15.0. The van der Waals surface area contributed by atoms with Crippen LogP contribution in [0.15, 0.2) is 30.0 Å². The summed E-state index contributed by atoms with van der Waals surface area (Å²) in [5.74, 6) is -0.522. The average Bonchev–Trinajstić information content (AvgIpc) is 2.51. The molecule has 0 aliphatic carbocycles. The molecule has 1 aromatic rings. The summed E-state index contributed by atoms with van der Waals surface area (Å²) >= 11 is 5.89. The largest absolute Gasteiger partial charge is 0.385 e. The second-order valence-corrected chi connectivity index (χ2v) is 4.83. The Balaban J connectivity index is 2.72. The second-order valence-electron chi connectivity index (χ2n) is 4.39. The quantitative estimate of drug-likeness (QED) is 0.456. The molecule has 0 fully saturated rings. The molecule has 0 unspecified atom stereocenters. The summed E-state index contributed by atoms with van der Waals surface area (Å²) in [7, 11) is 3.00. The van der Waals surface area contributed by atoms with Crippen molar-refractivity contribution in [2.45, 2.75) is 13.2 Å². The number of aryl methyl sites for hydroxylation is 1. The number of rotatable bonds is 7. The van der Waals surface area contributed by atoms with Crippen LogP contribution in [0.2, 0.25) is 5.02 Å². The fourth-order valence-electron chi connectivity index (χ4n) is 1.59. The van der Waals surface area contributed by atoms with Gasteiger partial charge in [-0.2, -0.15) is 5.26 Å². The van der Waals surface area contributed by atoms with Crippen LogP contribution in [0.1, 0.15) is 5.56 Å². The molecule has 0 saturated carbocycles. The smallest absolute Gasteiger partial charge is 0.267 e. The first-order valence-corrected chi connectivity index (χ1v) is 6.86. The Labute approximate surface area is 134 Å². The van der Waals surface area contributed by atoms with Gasteiger partial charge in [0.05, 0.1) is 6.54 Å². The Morgan fingerprint density at radius 3 is 2.73 bits per heavy atom. The molecule has 0 heterocycles. The molecule has 0 spiro atoms. The van der Waals surface area contributed by atoms with Crippen LogP contribution in [-0.4, -0.2) is 33.0 Å². The average molecular weight is 324 g/mol. The minimum absolute atomic E-state index is 0.0645. The fourth-order valence-corrected chi connectivity index (χ4v) is 1.76. The van der Waals surface area contributed by atoms with Crippen LogP contribution in [0.25, 0.3) is 0 Å². The van der Waals surface area contributed by atoms with E-state index < -0.39 is 12.2 Å². The van der Waals surface area contributed by atoms with E-state index in [4.69, 9.17) is 26.3 Å². The minimum Gasteiger partial charge on any atom is -0.385 e. The standard InChI is InChI=1S/C15H18ClN3O3/c1-10-4-5-12(16)6-13(10)19-15(20)11(7-17)8-18-9-14(21-2)22-3/h4-6,8,14,18H,9H2,1-3H3,(H,19,20)/b11-8-. The molecular weight excluding hydrogens is 306 g/mol. The Bertz CT molecular complexity index is 592. The first-order chi connectivity index (χ1) is 10.5. The van der Waals surface area contributed by atoms with Gasteiger partial charge in [-0.15, -0.1) is 0 Å². The molecule has 0 aliphatic heterocycles. The van der Waals surface area contributed by atoms with E-state index in [0.29, 0.717) is 17.3 Å². The molecule has 0 bridgehead atoms. The van der Waals surface area contributed by atoms with Crippen molar-refractivity contribution in [2.75, 3.05) is 26.1 Å². The van der Waals surface area contributed by atoms with Crippen LogP contribution >= 0.6 is 11.6 Å². The third-order valence-corrected chi connectivity index (χ3v) is 3.10. The van der Waals surface area contributed by atoms with Crippen LogP contribution < -0.4 is 10.6 Å². The van der Waals surface area contributed by atoms with Crippen molar-refractivity contribution < 1.29 is 14.3 Å². The van der Waals surface area contributed by atoms with Crippen molar-refractivity contribution in [3.63, 3.8) is 0 Å². The number of carbonyl (C=O) groups excluding carboxylic acids is 1. The summed E-state index contributed by atoms with van der Waals surface area (Å²) in [5.41, 5.74) is 1.34. The molecule has 0 radical (unpaired) electrons. The van der Waals surface area contributed by atoms with Gasteiger partial charge in [0.2, 0.25) is 0 Å². The van der Waals surface area contributed by atoms with E-state index in [0.717, 1.165) is 5.56 Å². The molecule has 0 atom stereocenters. The zero-order valence-corrected chi connectivity index (χ0v) is 13.4. The number of halogens is 1. The van der Waals surface area contributed by atoms with Crippen LogP contribution in [0.5, 0.6) is 0 Å². The summed E-state index contributed by atoms with van der Waals surface area (Å²) in [6.45, 7) is 2.14. The van der Waals surface area contributed by atoms with Crippen molar-refractivity contribution in [1.82, 2.24) is 5.32 Å². The van der Waals surface area contributed by atoms with Crippen molar-refractivity contribution >= 4 is 23.2 Å². The molecule has 1 aromatic carbocycles. The van der Waals surface area contributed by atoms with Crippen molar-refractivity contribution in [3.8, 4) is 6.07 Å². The van der Waals surface area contributed by atoms with Gasteiger partial charge in [-0.3, -0.25) is 4.79 Å². The third-order valence-electron chi connectivity index (χ3n) is 2.87. The summed E-state index contributed by atoms with van der Waals surface area (Å²) in [6, 6.07) is 6.98. The lowest BCUT2D eigenvalue weighted by Crippen LogP contribution is -2.27. The first kappa shape index (κ1) is 18.0. The number of nitrogens with zero attached hydrogens (tertiary/aromatic N) is 1. The van der Waals surface area contributed by atoms with E-state index in [2.05, 4.69) is 10.6 Å². The van der Waals surface area contributed by atoms with Gasteiger partial charge in [0.15, 0.2) is 6.29 Å². The molecule has 0 aromatic heterocycles. The summed E-state index contributed by atoms with van der Waals surface area (Å²) in [4.78, 5) is 12.1. The van der Waals surface area contributed by atoms with Gasteiger partial charge in [0.1, 0.15) is 11.6 Å². The number of hydrogen-bond acceptors (Lipinski definition) is 5. The Kier molecular flexibility index (Phi) is 7.40. The van der Waals surface area contributed by atoms with Crippen LogP contribution in [0.3, 0.4) is 0 Å². The number of nitrogens with one attached hydrogen (secondary N) is 2. The Morgan fingerprint density at radius 2 is 2.14 bits per heavy atom. The molecule has 118 valence electrons. The number of carbonyl (C=O) groups is 1. The van der Waals surface area contributed by atoms with Gasteiger partial charge in [-0.25, -0.2) is 0 Å².